The highest BCUT2D eigenvalue weighted by Gasteiger charge is 2.15. The van der Waals surface area contributed by atoms with Gasteiger partial charge in [-0.2, -0.15) is 0 Å². The van der Waals surface area contributed by atoms with Crippen LogP contribution in [0, 0.1) is 5.92 Å². The lowest BCUT2D eigenvalue weighted by molar-refractivity contribution is -0.122. The van der Waals surface area contributed by atoms with E-state index >= 15 is 0 Å². The van der Waals surface area contributed by atoms with Gasteiger partial charge in [-0.3, -0.25) is 4.79 Å². The number of carbonyl (C=O) groups is 1. The van der Waals surface area contributed by atoms with E-state index in [2.05, 4.69) is 12.2 Å². The molecule has 4 nitrogen and oxygen atoms in total. The van der Waals surface area contributed by atoms with Crippen molar-refractivity contribution in [1.82, 2.24) is 5.32 Å². The molecule has 0 radical (unpaired) electrons. The van der Waals surface area contributed by atoms with E-state index in [1.54, 1.807) is 0 Å². The topological polar surface area (TPSA) is 75.3 Å². The summed E-state index contributed by atoms with van der Waals surface area (Å²) in [5, 5.41) is 11.9. The SMILES string of the molecule is CCCC(CCO)CNC(=O)C(N)Cc1ccccc1. The van der Waals surface area contributed by atoms with Gasteiger partial charge in [0, 0.05) is 13.2 Å². The van der Waals surface area contributed by atoms with E-state index in [1.165, 1.54) is 0 Å². The van der Waals surface area contributed by atoms with E-state index in [0.717, 1.165) is 24.8 Å². The molecule has 0 bridgehead atoms. The van der Waals surface area contributed by atoms with E-state index in [4.69, 9.17) is 10.8 Å². The second-order valence-electron chi connectivity index (χ2n) is 5.21. The highest BCUT2D eigenvalue weighted by molar-refractivity contribution is 5.81. The summed E-state index contributed by atoms with van der Waals surface area (Å²) in [5.41, 5.74) is 6.99. The van der Waals surface area contributed by atoms with Crippen LogP contribution in [0.3, 0.4) is 0 Å². The molecule has 1 aromatic rings. The number of hydrogen-bond acceptors (Lipinski definition) is 3. The average Bonchev–Trinajstić information content (AvgIpc) is 2.46. The molecule has 2 atom stereocenters. The van der Waals surface area contributed by atoms with E-state index in [0.29, 0.717) is 18.9 Å². The van der Waals surface area contributed by atoms with E-state index in [9.17, 15) is 4.79 Å². The summed E-state index contributed by atoms with van der Waals surface area (Å²) in [6.45, 7) is 2.86. The molecule has 112 valence electrons. The van der Waals surface area contributed by atoms with Crippen LogP contribution < -0.4 is 11.1 Å². The fourth-order valence-electron chi connectivity index (χ4n) is 2.28. The standard InChI is InChI=1S/C16H26N2O2/c1-2-6-14(9-10-19)12-18-16(20)15(17)11-13-7-4-3-5-8-13/h3-5,7-8,14-15,19H,2,6,9-12,17H2,1H3,(H,18,20). The van der Waals surface area contributed by atoms with Crippen molar-refractivity contribution in [3.05, 3.63) is 35.9 Å². The van der Waals surface area contributed by atoms with E-state index < -0.39 is 6.04 Å². The van der Waals surface area contributed by atoms with Gasteiger partial charge in [0.2, 0.25) is 5.91 Å². The molecule has 1 amide bonds. The van der Waals surface area contributed by atoms with Crippen LogP contribution in [0.15, 0.2) is 30.3 Å². The first-order valence-electron chi connectivity index (χ1n) is 7.35. The van der Waals surface area contributed by atoms with Crippen molar-refractivity contribution in [2.24, 2.45) is 11.7 Å². The Bertz CT molecular complexity index is 375. The summed E-state index contributed by atoms with van der Waals surface area (Å²) in [6.07, 6.45) is 3.33. The molecular formula is C16H26N2O2. The number of benzene rings is 1. The molecule has 0 aliphatic rings. The largest absolute Gasteiger partial charge is 0.396 e. The quantitative estimate of drug-likeness (QED) is 0.640. The number of amides is 1. The van der Waals surface area contributed by atoms with Gasteiger partial charge in [0.1, 0.15) is 0 Å². The second kappa shape index (κ2) is 9.50. The molecule has 0 saturated heterocycles. The molecule has 0 aliphatic carbocycles. The lowest BCUT2D eigenvalue weighted by Gasteiger charge is -2.18. The van der Waals surface area contributed by atoms with Gasteiger partial charge in [0.25, 0.3) is 0 Å². The number of aliphatic hydroxyl groups excluding tert-OH is 1. The maximum absolute atomic E-state index is 12.0. The number of hydrogen-bond donors (Lipinski definition) is 3. The summed E-state index contributed by atoms with van der Waals surface area (Å²) in [7, 11) is 0. The van der Waals surface area contributed by atoms with Crippen molar-refractivity contribution in [2.75, 3.05) is 13.2 Å². The second-order valence-corrected chi connectivity index (χ2v) is 5.21. The minimum atomic E-state index is -0.520. The van der Waals surface area contributed by atoms with Crippen LogP contribution in [0.5, 0.6) is 0 Å². The van der Waals surface area contributed by atoms with Gasteiger partial charge in [-0.25, -0.2) is 0 Å². The predicted octanol–water partition coefficient (Wildman–Crippen LogP) is 1.47. The van der Waals surface area contributed by atoms with Gasteiger partial charge in [0.15, 0.2) is 0 Å². The normalized spacial score (nSPS) is 13.8. The molecule has 0 aliphatic heterocycles. The van der Waals surface area contributed by atoms with Crippen LogP contribution in [0.1, 0.15) is 31.7 Å². The van der Waals surface area contributed by atoms with E-state index in [1.807, 2.05) is 30.3 Å². The zero-order valence-electron chi connectivity index (χ0n) is 12.2. The molecule has 0 aromatic heterocycles. The van der Waals surface area contributed by atoms with E-state index in [-0.39, 0.29) is 12.5 Å². The number of aliphatic hydroxyl groups is 1. The maximum Gasteiger partial charge on any atom is 0.237 e. The van der Waals surface area contributed by atoms with Gasteiger partial charge >= 0.3 is 0 Å². The van der Waals surface area contributed by atoms with Gasteiger partial charge in [0.05, 0.1) is 6.04 Å². The van der Waals surface area contributed by atoms with Crippen LogP contribution in [-0.4, -0.2) is 30.2 Å². The van der Waals surface area contributed by atoms with Gasteiger partial charge in [-0.05, 0) is 30.7 Å². The Kier molecular flexibility index (Phi) is 7.92. The van der Waals surface area contributed by atoms with Crippen molar-refractivity contribution in [1.29, 1.82) is 0 Å². The van der Waals surface area contributed by atoms with Crippen LogP contribution in [0.4, 0.5) is 0 Å². The van der Waals surface area contributed by atoms with Gasteiger partial charge in [-0.15, -0.1) is 0 Å². The molecule has 0 fully saturated rings. The Morgan fingerprint density at radius 1 is 1.30 bits per heavy atom. The molecular weight excluding hydrogens is 252 g/mol. The fourth-order valence-corrected chi connectivity index (χ4v) is 2.28. The number of carbonyl (C=O) groups excluding carboxylic acids is 1. The number of nitrogens with one attached hydrogen (secondary N) is 1. The monoisotopic (exact) mass is 278 g/mol. The highest BCUT2D eigenvalue weighted by atomic mass is 16.3. The lowest BCUT2D eigenvalue weighted by Crippen LogP contribution is -2.43. The van der Waals surface area contributed by atoms with Crippen LogP contribution >= 0.6 is 0 Å². The first kappa shape index (κ1) is 16.7. The molecule has 4 N–H and O–H groups in total. The lowest BCUT2D eigenvalue weighted by atomic mass is 10.00. The van der Waals surface area contributed by atoms with Crippen molar-refractivity contribution >= 4 is 5.91 Å². The first-order valence-corrected chi connectivity index (χ1v) is 7.35. The molecule has 0 saturated carbocycles. The Morgan fingerprint density at radius 3 is 2.60 bits per heavy atom. The Morgan fingerprint density at radius 2 is 2.00 bits per heavy atom. The smallest absolute Gasteiger partial charge is 0.237 e. The molecule has 0 spiro atoms. The van der Waals surface area contributed by atoms with Crippen molar-refractivity contribution in [3.63, 3.8) is 0 Å². The minimum absolute atomic E-state index is 0.118. The van der Waals surface area contributed by atoms with Gasteiger partial charge in [-0.1, -0.05) is 43.7 Å². The fraction of sp³-hybridized carbons (Fsp3) is 0.562. The van der Waals surface area contributed by atoms with Crippen molar-refractivity contribution in [2.45, 2.75) is 38.6 Å². The Labute approximate surface area is 121 Å². The summed E-state index contributed by atoms with van der Waals surface area (Å²) >= 11 is 0. The summed E-state index contributed by atoms with van der Waals surface area (Å²) < 4.78 is 0. The summed E-state index contributed by atoms with van der Waals surface area (Å²) in [6, 6.07) is 9.25. The highest BCUT2D eigenvalue weighted by Crippen LogP contribution is 2.09. The Balaban J connectivity index is 2.37. The molecule has 1 aromatic carbocycles. The predicted molar refractivity (Wildman–Crippen MR) is 81.2 cm³/mol. The Hall–Kier alpha value is -1.39. The minimum Gasteiger partial charge on any atom is -0.396 e. The summed E-state index contributed by atoms with van der Waals surface area (Å²) in [4.78, 5) is 12.0. The molecule has 2 unspecified atom stereocenters. The maximum atomic E-state index is 12.0. The van der Waals surface area contributed by atoms with Crippen molar-refractivity contribution < 1.29 is 9.90 Å². The molecule has 20 heavy (non-hydrogen) atoms. The summed E-state index contributed by atoms with van der Waals surface area (Å²) in [5.74, 6) is 0.214. The first-order chi connectivity index (χ1) is 9.67. The third kappa shape index (κ3) is 6.17. The number of rotatable bonds is 9. The average molecular weight is 278 g/mol. The van der Waals surface area contributed by atoms with Crippen LogP contribution in [0.2, 0.25) is 0 Å². The number of nitrogens with two attached hydrogens (primary N) is 1. The zero-order valence-corrected chi connectivity index (χ0v) is 12.2. The van der Waals surface area contributed by atoms with Crippen LogP contribution in [-0.2, 0) is 11.2 Å². The van der Waals surface area contributed by atoms with Gasteiger partial charge < -0.3 is 16.2 Å². The zero-order chi connectivity index (χ0) is 14.8. The van der Waals surface area contributed by atoms with Crippen LogP contribution in [0.25, 0.3) is 0 Å². The van der Waals surface area contributed by atoms with Crippen molar-refractivity contribution in [3.8, 4) is 0 Å². The molecule has 1 rings (SSSR count). The third-order valence-corrected chi connectivity index (χ3v) is 3.43. The molecule has 4 heteroatoms. The molecule has 0 heterocycles. The third-order valence-electron chi connectivity index (χ3n) is 3.43.